The lowest BCUT2D eigenvalue weighted by Gasteiger charge is -1.99. The molecule has 0 spiro atoms. The number of rotatable bonds is 2. The van der Waals surface area contributed by atoms with Gasteiger partial charge in [-0.25, -0.2) is 4.39 Å². The average molecular weight is 215 g/mol. The van der Waals surface area contributed by atoms with Gasteiger partial charge in [-0.05, 0) is 30.0 Å². The number of carbonyl (C=O) groups is 1. The fourth-order valence-electron chi connectivity index (χ4n) is 1.58. The molecule has 1 aliphatic carbocycles. The zero-order chi connectivity index (χ0) is 10.3. The molecule has 0 heterocycles. The number of benzene rings is 1. The lowest BCUT2D eigenvalue weighted by Crippen LogP contribution is -1.99. The maximum atomic E-state index is 13.0. The van der Waals surface area contributed by atoms with Crippen LogP contribution in [0.25, 0.3) is 0 Å². The molecule has 1 saturated carbocycles. The number of aliphatic carboxylic acids is 1. The number of carboxylic acids is 1. The van der Waals surface area contributed by atoms with Crippen molar-refractivity contribution in [3.8, 4) is 0 Å². The van der Waals surface area contributed by atoms with Crippen LogP contribution in [0.3, 0.4) is 0 Å². The van der Waals surface area contributed by atoms with Crippen molar-refractivity contribution in [1.82, 2.24) is 0 Å². The number of hydrogen-bond donors (Lipinski definition) is 1. The van der Waals surface area contributed by atoms with Gasteiger partial charge in [0, 0.05) is 0 Å². The Morgan fingerprint density at radius 1 is 1.57 bits per heavy atom. The third kappa shape index (κ3) is 1.60. The van der Waals surface area contributed by atoms with E-state index in [2.05, 4.69) is 0 Å². The highest BCUT2D eigenvalue weighted by molar-refractivity contribution is 6.30. The summed E-state index contributed by atoms with van der Waals surface area (Å²) in [6.45, 7) is 0. The molecule has 0 unspecified atom stereocenters. The van der Waals surface area contributed by atoms with Gasteiger partial charge in [-0.2, -0.15) is 0 Å². The summed E-state index contributed by atoms with van der Waals surface area (Å²) >= 11 is 5.51. The second-order valence-electron chi connectivity index (χ2n) is 3.46. The Hall–Kier alpha value is -1.09. The van der Waals surface area contributed by atoms with E-state index in [-0.39, 0.29) is 16.9 Å². The Morgan fingerprint density at radius 2 is 2.29 bits per heavy atom. The molecule has 0 saturated heterocycles. The monoisotopic (exact) mass is 214 g/mol. The van der Waals surface area contributed by atoms with Crippen molar-refractivity contribution in [2.75, 3.05) is 0 Å². The minimum Gasteiger partial charge on any atom is -0.481 e. The van der Waals surface area contributed by atoms with E-state index in [1.165, 1.54) is 12.1 Å². The summed E-state index contributed by atoms with van der Waals surface area (Å²) in [7, 11) is 0. The maximum absolute atomic E-state index is 13.0. The summed E-state index contributed by atoms with van der Waals surface area (Å²) in [5.41, 5.74) is 0.722. The molecule has 0 bridgehead atoms. The minimum atomic E-state index is -0.814. The molecule has 2 atom stereocenters. The van der Waals surface area contributed by atoms with Crippen molar-refractivity contribution in [2.45, 2.75) is 12.3 Å². The van der Waals surface area contributed by atoms with Gasteiger partial charge in [0.2, 0.25) is 0 Å². The summed E-state index contributed by atoms with van der Waals surface area (Å²) in [5, 5.41) is 8.76. The highest BCUT2D eigenvalue weighted by Crippen LogP contribution is 2.47. The molecule has 0 aromatic heterocycles. The van der Waals surface area contributed by atoms with Gasteiger partial charge in [-0.15, -0.1) is 0 Å². The van der Waals surface area contributed by atoms with Gasteiger partial charge in [0.1, 0.15) is 5.82 Å². The van der Waals surface area contributed by atoms with Crippen LogP contribution in [0, 0.1) is 11.7 Å². The molecule has 74 valence electrons. The van der Waals surface area contributed by atoms with Crippen molar-refractivity contribution < 1.29 is 14.3 Å². The van der Waals surface area contributed by atoms with Crippen molar-refractivity contribution >= 4 is 17.6 Å². The van der Waals surface area contributed by atoms with Gasteiger partial charge in [-0.3, -0.25) is 4.79 Å². The van der Waals surface area contributed by atoms with Crippen LogP contribution in [0.2, 0.25) is 5.02 Å². The topological polar surface area (TPSA) is 37.3 Å². The highest BCUT2D eigenvalue weighted by atomic mass is 35.5. The second-order valence-corrected chi connectivity index (χ2v) is 3.87. The van der Waals surface area contributed by atoms with E-state index in [0.717, 1.165) is 5.56 Å². The first-order valence-corrected chi connectivity index (χ1v) is 4.65. The Kier molecular flexibility index (Phi) is 2.19. The third-order valence-electron chi connectivity index (χ3n) is 2.48. The van der Waals surface area contributed by atoms with Gasteiger partial charge in [-0.1, -0.05) is 17.7 Å². The molecule has 1 aromatic carbocycles. The number of hydrogen-bond acceptors (Lipinski definition) is 1. The van der Waals surface area contributed by atoms with Gasteiger partial charge >= 0.3 is 5.97 Å². The van der Waals surface area contributed by atoms with E-state index in [1.54, 1.807) is 6.07 Å². The summed E-state index contributed by atoms with van der Waals surface area (Å²) in [4.78, 5) is 10.6. The van der Waals surface area contributed by atoms with E-state index in [9.17, 15) is 9.18 Å². The van der Waals surface area contributed by atoms with Crippen LogP contribution < -0.4 is 0 Å². The fraction of sp³-hybridized carbons (Fsp3) is 0.300. The van der Waals surface area contributed by atoms with Crippen LogP contribution >= 0.6 is 11.6 Å². The molecule has 0 radical (unpaired) electrons. The zero-order valence-corrected chi connectivity index (χ0v) is 7.96. The Labute approximate surface area is 85.3 Å². The standard InChI is InChI=1S/C10H8ClFO2/c11-8-2-1-5(3-9(8)12)6-4-7(6)10(13)14/h1-3,6-7H,4H2,(H,13,14)/t6-,7-/m1/s1. The summed E-state index contributed by atoms with van der Waals surface area (Å²) in [5.74, 6) is -1.69. The van der Waals surface area contributed by atoms with Crippen LogP contribution in [0.4, 0.5) is 4.39 Å². The smallest absolute Gasteiger partial charge is 0.307 e. The van der Waals surface area contributed by atoms with Crippen LogP contribution in [0.15, 0.2) is 18.2 Å². The van der Waals surface area contributed by atoms with E-state index < -0.39 is 11.8 Å². The normalized spacial score (nSPS) is 24.7. The third-order valence-corrected chi connectivity index (χ3v) is 2.79. The summed E-state index contributed by atoms with van der Waals surface area (Å²) in [6.07, 6.45) is 0.594. The lowest BCUT2D eigenvalue weighted by molar-refractivity contribution is -0.138. The first kappa shape index (κ1) is 9.46. The first-order chi connectivity index (χ1) is 6.59. The first-order valence-electron chi connectivity index (χ1n) is 4.27. The fourth-order valence-corrected chi connectivity index (χ4v) is 1.70. The molecule has 1 fully saturated rings. The molecule has 1 aliphatic rings. The lowest BCUT2D eigenvalue weighted by atomic mass is 10.1. The van der Waals surface area contributed by atoms with E-state index in [4.69, 9.17) is 16.7 Å². The van der Waals surface area contributed by atoms with Gasteiger partial charge in [0.15, 0.2) is 0 Å². The molecule has 2 nitrogen and oxygen atoms in total. The van der Waals surface area contributed by atoms with Crippen molar-refractivity contribution in [3.05, 3.63) is 34.6 Å². The summed E-state index contributed by atoms with van der Waals surface area (Å²) in [6, 6.07) is 4.46. The number of halogens is 2. The van der Waals surface area contributed by atoms with E-state index in [0.29, 0.717) is 6.42 Å². The Morgan fingerprint density at radius 3 is 2.79 bits per heavy atom. The molecule has 2 rings (SSSR count). The molecule has 1 aromatic rings. The quantitative estimate of drug-likeness (QED) is 0.822. The second kappa shape index (κ2) is 3.24. The van der Waals surface area contributed by atoms with Crippen LogP contribution in [0.5, 0.6) is 0 Å². The molecule has 4 heteroatoms. The minimum absolute atomic E-state index is 0.0423. The zero-order valence-electron chi connectivity index (χ0n) is 7.21. The van der Waals surface area contributed by atoms with E-state index in [1.807, 2.05) is 0 Å². The van der Waals surface area contributed by atoms with Crippen molar-refractivity contribution in [1.29, 1.82) is 0 Å². The predicted octanol–water partition coefficient (Wildman–Crippen LogP) is 2.67. The summed E-state index contributed by atoms with van der Waals surface area (Å²) < 4.78 is 13.0. The van der Waals surface area contributed by atoms with Crippen LogP contribution in [-0.4, -0.2) is 11.1 Å². The highest BCUT2D eigenvalue weighted by Gasteiger charge is 2.44. The Bertz CT molecular complexity index is 392. The molecular weight excluding hydrogens is 207 g/mol. The van der Waals surface area contributed by atoms with Crippen molar-refractivity contribution in [3.63, 3.8) is 0 Å². The molecular formula is C10H8ClFO2. The van der Waals surface area contributed by atoms with Gasteiger partial charge in [0.05, 0.1) is 10.9 Å². The van der Waals surface area contributed by atoms with Gasteiger partial charge in [0.25, 0.3) is 0 Å². The predicted molar refractivity (Wildman–Crippen MR) is 49.9 cm³/mol. The van der Waals surface area contributed by atoms with E-state index >= 15 is 0 Å². The largest absolute Gasteiger partial charge is 0.481 e. The number of carboxylic acid groups (broad SMARTS) is 1. The van der Waals surface area contributed by atoms with Crippen LogP contribution in [0.1, 0.15) is 17.9 Å². The van der Waals surface area contributed by atoms with Crippen molar-refractivity contribution in [2.24, 2.45) is 5.92 Å². The SMILES string of the molecule is O=C(O)[C@@H]1C[C@@H]1c1ccc(Cl)c(F)c1. The average Bonchev–Trinajstić information content (AvgIpc) is 2.89. The van der Waals surface area contributed by atoms with Crippen LogP contribution in [-0.2, 0) is 4.79 Å². The molecule has 0 amide bonds. The van der Waals surface area contributed by atoms with Gasteiger partial charge < -0.3 is 5.11 Å². The molecule has 14 heavy (non-hydrogen) atoms. The molecule has 0 aliphatic heterocycles. The maximum Gasteiger partial charge on any atom is 0.307 e. The Balaban J connectivity index is 2.20. The molecule has 1 N–H and O–H groups in total.